The van der Waals surface area contributed by atoms with Crippen LogP contribution in [0.5, 0.6) is 0 Å². The Morgan fingerprint density at radius 3 is 2.55 bits per heavy atom. The molecule has 0 aromatic heterocycles. The predicted molar refractivity (Wildman–Crippen MR) is 84.9 cm³/mol. The molecule has 0 aromatic rings. The van der Waals surface area contributed by atoms with Crippen molar-refractivity contribution in [3.63, 3.8) is 0 Å². The minimum Gasteiger partial charge on any atom is -0.395 e. The maximum Gasteiger partial charge on any atom is 0.0586 e. The van der Waals surface area contributed by atoms with Gasteiger partial charge in [-0.3, -0.25) is 4.90 Å². The summed E-state index contributed by atoms with van der Waals surface area (Å²) in [6.45, 7) is 8.66. The third kappa shape index (κ3) is 5.01. The molecule has 3 atom stereocenters. The van der Waals surface area contributed by atoms with Crippen LogP contribution in [0.3, 0.4) is 0 Å². The molecule has 1 saturated heterocycles. The van der Waals surface area contributed by atoms with E-state index in [1.807, 2.05) is 0 Å². The maximum absolute atomic E-state index is 9.30. The van der Waals surface area contributed by atoms with Crippen LogP contribution in [0.25, 0.3) is 0 Å². The number of aliphatic hydroxyl groups is 1. The van der Waals surface area contributed by atoms with Gasteiger partial charge in [0.15, 0.2) is 0 Å². The molecule has 2 aliphatic rings. The van der Waals surface area contributed by atoms with Crippen molar-refractivity contribution in [1.82, 2.24) is 10.2 Å². The number of likely N-dealkylation sites (tertiary alicyclic amines) is 1. The van der Waals surface area contributed by atoms with Gasteiger partial charge in [-0.25, -0.2) is 0 Å². The topological polar surface area (TPSA) is 35.5 Å². The van der Waals surface area contributed by atoms with E-state index in [9.17, 15) is 5.11 Å². The molecule has 0 radical (unpaired) electrons. The van der Waals surface area contributed by atoms with E-state index in [4.69, 9.17) is 0 Å². The number of nitrogens with one attached hydrogen (secondary N) is 1. The molecular formula is C17H34N2O. The Hall–Kier alpha value is -0.120. The third-order valence-electron chi connectivity index (χ3n) is 5.19. The summed E-state index contributed by atoms with van der Waals surface area (Å²) in [6, 6.07) is 1.20. The van der Waals surface area contributed by atoms with Crippen LogP contribution < -0.4 is 5.32 Å². The van der Waals surface area contributed by atoms with Crippen molar-refractivity contribution in [2.75, 3.05) is 26.2 Å². The minimum atomic E-state index is 0.343. The van der Waals surface area contributed by atoms with E-state index >= 15 is 0 Å². The summed E-state index contributed by atoms with van der Waals surface area (Å²) in [7, 11) is 0. The fraction of sp³-hybridized carbons (Fsp3) is 1.00. The van der Waals surface area contributed by atoms with Gasteiger partial charge < -0.3 is 10.4 Å². The number of hydrogen-bond donors (Lipinski definition) is 2. The Bertz CT molecular complexity index is 262. The zero-order chi connectivity index (χ0) is 14.4. The molecule has 20 heavy (non-hydrogen) atoms. The van der Waals surface area contributed by atoms with Gasteiger partial charge in [0.25, 0.3) is 0 Å². The molecule has 0 bridgehead atoms. The van der Waals surface area contributed by atoms with E-state index in [1.54, 1.807) is 0 Å². The van der Waals surface area contributed by atoms with Gasteiger partial charge in [-0.15, -0.1) is 0 Å². The van der Waals surface area contributed by atoms with Crippen LogP contribution >= 0.6 is 0 Å². The summed E-state index contributed by atoms with van der Waals surface area (Å²) in [4.78, 5) is 2.48. The summed E-state index contributed by atoms with van der Waals surface area (Å²) in [5.74, 6) is 1.79. The predicted octanol–water partition coefficient (Wildman–Crippen LogP) is 2.64. The molecular weight excluding hydrogens is 248 g/mol. The molecule has 2 fully saturated rings. The van der Waals surface area contributed by atoms with Crippen LogP contribution in [0, 0.1) is 11.8 Å². The normalized spacial score (nSPS) is 35.5. The van der Waals surface area contributed by atoms with Crippen LogP contribution in [-0.4, -0.2) is 48.3 Å². The highest BCUT2D eigenvalue weighted by Gasteiger charge is 2.24. The molecule has 2 N–H and O–H groups in total. The van der Waals surface area contributed by atoms with E-state index in [0.717, 1.165) is 17.9 Å². The highest BCUT2D eigenvalue weighted by Crippen LogP contribution is 2.28. The summed E-state index contributed by atoms with van der Waals surface area (Å²) < 4.78 is 0. The molecule has 1 aliphatic heterocycles. The van der Waals surface area contributed by atoms with Gasteiger partial charge in [0, 0.05) is 12.1 Å². The molecule has 3 unspecified atom stereocenters. The van der Waals surface area contributed by atoms with Crippen LogP contribution in [0.2, 0.25) is 0 Å². The second-order valence-corrected chi connectivity index (χ2v) is 7.29. The smallest absolute Gasteiger partial charge is 0.0586 e. The van der Waals surface area contributed by atoms with Gasteiger partial charge in [-0.2, -0.15) is 0 Å². The fourth-order valence-corrected chi connectivity index (χ4v) is 4.26. The van der Waals surface area contributed by atoms with Crippen LogP contribution in [0.4, 0.5) is 0 Å². The monoisotopic (exact) mass is 282 g/mol. The van der Waals surface area contributed by atoms with E-state index < -0.39 is 0 Å². The number of aliphatic hydroxyl groups excluding tert-OH is 1. The standard InChI is InChI=1S/C17H34N2O/c1-14-10-15(2)12-16(11-14)18-7-3-4-8-19-9-5-6-17(19)13-20/h14-18,20H,3-13H2,1-2H3. The number of hydrogen-bond acceptors (Lipinski definition) is 3. The van der Waals surface area contributed by atoms with E-state index in [0.29, 0.717) is 12.6 Å². The van der Waals surface area contributed by atoms with Crippen molar-refractivity contribution in [2.24, 2.45) is 11.8 Å². The fourth-order valence-electron chi connectivity index (χ4n) is 4.26. The third-order valence-corrected chi connectivity index (χ3v) is 5.19. The first-order chi connectivity index (χ1) is 9.69. The molecule has 3 heteroatoms. The van der Waals surface area contributed by atoms with Crippen molar-refractivity contribution in [2.45, 2.75) is 70.9 Å². The molecule has 3 nitrogen and oxygen atoms in total. The average molecular weight is 282 g/mol. The van der Waals surface area contributed by atoms with Gasteiger partial charge in [0.05, 0.1) is 6.61 Å². The quantitative estimate of drug-likeness (QED) is 0.705. The number of rotatable bonds is 7. The first-order valence-electron chi connectivity index (χ1n) is 8.77. The first-order valence-corrected chi connectivity index (χ1v) is 8.77. The molecule has 0 amide bonds. The zero-order valence-electron chi connectivity index (χ0n) is 13.5. The number of nitrogens with zero attached hydrogens (tertiary/aromatic N) is 1. The molecule has 1 aliphatic carbocycles. The van der Waals surface area contributed by atoms with Crippen molar-refractivity contribution >= 4 is 0 Å². The van der Waals surface area contributed by atoms with Gasteiger partial charge >= 0.3 is 0 Å². The Labute approximate surface area is 125 Å². The molecule has 1 saturated carbocycles. The largest absolute Gasteiger partial charge is 0.395 e. The summed E-state index contributed by atoms with van der Waals surface area (Å²) >= 11 is 0. The van der Waals surface area contributed by atoms with Gasteiger partial charge in [-0.05, 0) is 76.4 Å². The lowest BCUT2D eigenvalue weighted by Gasteiger charge is -2.32. The highest BCUT2D eigenvalue weighted by atomic mass is 16.3. The Balaban J connectivity index is 1.53. The molecule has 0 spiro atoms. The van der Waals surface area contributed by atoms with E-state index in [1.165, 1.54) is 64.6 Å². The SMILES string of the molecule is CC1CC(C)CC(NCCCCN2CCCC2CO)C1. The second kappa shape index (κ2) is 8.35. The van der Waals surface area contributed by atoms with Gasteiger partial charge in [0.2, 0.25) is 0 Å². The van der Waals surface area contributed by atoms with Crippen LogP contribution in [-0.2, 0) is 0 Å². The second-order valence-electron chi connectivity index (χ2n) is 7.29. The summed E-state index contributed by atoms with van der Waals surface area (Å²) in [6.07, 6.45) is 9.13. The molecule has 118 valence electrons. The average Bonchev–Trinajstić information content (AvgIpc) is 2.84. The van der Waals surface area contributed by atoms with Crippen molar-refractivity contribution in [1.29, 1.82) is 0 Å². The lowest BCUT2D eigenvalue weighted by atomic mass is 9.80. The van der Waals surface area contributed by atoms with Gasteiger partial charge in [0.1, 0.15) is 0 Å². The minimum absolute atomic E-state index is 0.343. The van der Waals surface area contributed by atoms with Gasteiger partial charge in [-0.1, -0.05) is 13.8 Å². The van der Waals surface area contributed by atoms with Crippen LogP contribution in [0.1, 0.15) is 58.8 Å². The van der Waals surface area contributed by atoms with E-state index in [-0.39, 0.29) is 0 Å². The molecule has 1 heterocycles. The molecule has 2 rings (SSSR count). The Kier molecular flexibility index (Phi) is 6.79. The summed E-state index contributed by atoms with van der Waals surface area (Å²) in [5, 5.41) is 13.1. The lowest BCUT2D eigenvalue weighted by molar-refractivity contribution is 0.156. The highest BCUT2D eigenvalue weighted by molar-refractivity contribution is 4.80. The first kappa shape index (κ1) is 16.3. The van der Waals surface area contributed by atoms with Crippen molar-refractivity contribution < 1.29 is 5.11 Å². The summed E-state index contributed by atoms with van der Waals surface area (Å²) in [5.41, 5.74) is 0. The zero-order valence-corrected chi connectivity index (χ0v) is 13.5. The van der Waals surface area contributed by atoms with Crippen LogP contribution in [0.15, 0.2) is 0 Å². The Morgan fingerprint density at radius 2 is 1.85 bits per heavy atom. The van der Waals surface area contributed by atoms with Crippen molar-refractivity contribution in [3.05, 3.63) is 0 Å². The lowest BCUT2D eigenvalue weighted by Crippen LogP contribution is -2.37. The number of unbranched alkanes of at least 4 members (excludes halogenated alkanes) is 1. The molecule has 0 aromatic carbocycles. The maximum atomic E-state index is 9.30. The van der Waals surface area contributed by atoms with E-state index in [2.05, 4.69) is 24.1 Å². The Morgan fingerprint density at radius 1 is 1.10 bits per heavy atom. The van der Waals surface area contributed by atoms with Crippen molar-refractivity contribution in [3.8, 4) is 0 Å².